The summed E-state index contributed by atoms with van der Waals surface area (Å²) in [5, 5.41) is 9.07. The normalized spacial score (nSPS) is 11.9. The van der Waals surface area contributed by atoms with Crippen molar-refractivity contribution in [3.05, 3.63) is 182 Å². The number of oxazole rings is 1. The summed E-state index contributed by atoms with van der Waals surface area (Å²) in [5.41, 5.74) is 10.0. The van der Waals surface area contributed by atoms with Crippen LogP contribution in [0.5, 0.6) is 0 Å². The molecular weight excluding hydrogens is 705 g/mol. The lowest BCUT2D eigenvalue weighted by Crippen LogP contribution is -2.09. The number of rotatable bonds is 5. The van der Waals surface area contributed by atoms with Crippen LogP contribution >= 0.6 is 11.3 Å². The van der Waals surface area contributed by atoms with Gasteiger partial charge >= 0.3 is 0 Å². The Morgan fingerprint density at radius 2 is 1.12 bits per heavy atom. The minimum Gasteiger partial charge on any atom is -0.455 e. The van der Waals surface area contributed by atoms with E-state index in [4.69, 9.17) is 13.8 Å². The summed E-state index contributed by atoms with van der Waals surface area (Å²) in [6, 6.07) is 64.5. The zero-order valence-corrected chi connectivity index (χ0v) is 30.8. The van der Waals surface area contributed by atoms with Gasteiger partial charge < -0.3 is 13.7 Å². The maximum Gasteiger partial charge on any atom is 0.228 e. The molecule has 0 aliphatic heterocycles. The third-order valence-electron chi connectivity index (χ3n) is 11.1. The van der Waals surface area contributed by atoms with Crippen LogP contribution in [0.4, 0.5) is 17.1 Å². The zero-order valence-electron chi connectivity index (χ0n) is 29.9. The number of benzene rings is 9. The highest BCUT2D eigenvalue weighted by Gasteiger charge is 2.21. The fraction of sp³-hybridized carbons (Fsp3) is 0. The molecule has 12 rings (SSSR count). The highest BCUT2D eigenvalue weighted by atomic mass is 32.1. The average Bonchev–Trinajstić information content (AvgIpc) is 3.98. The second-order valence-corrected chi connectivity index (χ2v) is 15.4. The van der Waals surface area contributed by atoms with Crippen LogP contribution in [0.2, 0.25) is 0 Å². The van der Waals surface area contributed by atoms with Gasteiger partial charge in [0.1, 0.15) is 16.7 Å². The molecule has 0 aliphatic rings. The monoisotopic (exact) mass is 734 g/mol. The van der Waals surface area contributed by atoms with E-state index in [2.05, 4.69) is 181 Å². The van der Waals surface area contributed by atoms with Crippen LogP contribution < -0.4 is 4.90 Å². The lowest BCUT2D eigenvalue weighted by atomic mass is 10.0. The zero-order chi connectivity index (χ0) is 36.7. The highest BCUT2D eigenvalue weighted by molar-refractivity contribution is 7.26. The number of fused-ring (bicyclic) bond motifs is 11. The quantitative estimate of drug-likeness (QED) is 0.177. The molecule has 9 aromatic carbocycles. The smallest absolute Gasteiger partial charge is 0.228 e. The maximum atomic E-state index is 6.54. The van der Waals surface area contributed by atoms with E-state index in [1.54, 1.807) is 11.3 Å². The molecule has 56 heavy (non-hydrogen) atoms. The summed E-state index contributed by atoms with van der Waals surface area (Å²) in [6.07, 6.45) is 0. The minimum atomic E-state index is 0.638. The van der Waals surface area contributed by atoms with Gasteiger partial charge in [-0.15, -0.1) is 11.3 Å². The van der Waals surface area contributed by atoms with Crippen molar-refractivity contribution in [2.45, 2.75) is 0 Å². The van der Waals surface area contributed by atoms with Gasteiger partial charge in [0, 0.05) is 64.3 Å². The number of furan rings is 1. The summed E-state index contributed by atoms with van der Waals surface area (Å²) in [6.45, 7) is 0. The molecule has 0 N–H and O–H groups in total. The third kappa shape index (κ3) is 4.81. The summed E-state index contributed by atoms with van der Waals surface area (Å²) >= 11 is 1.80. The second-order valence-electron chi connectivity index (χ2n) is 14.3. The second kappa shape index (κ2) is 12.2. The molecule has 0 saturated heterocycles. The molecule has 0 radical (unpaired) electrons. The Kier molecular flexibility index (Phi) is 6.76. The van der Waals surface area contributed by atoms with Crippen molar-refractivity contribution >= 4 is 103 Å². The lowest BCUT2D eigenvalue weighted by molar-refractivity contribution is 0.621. The number of nitrogens with zero attached hydrogens (tertiary/aromatic N) is 2. The van der Waals surface area contributed by atoms with E-state index in [-0.39, 0.29) is 0 Å². The van der Waals surface area contributed by atoms with Crippen molar-refractivity contribution in [1.29, 1.82) is 0 Å². The van der Waals surface area contributed by atoms with Crippen molar-refractivity contribution in [2.75, 3.05) is 4.90 Å². The number of hydrogen-bond acceptors (Lipinski definition) is 5. The van der Waals surface area contributed by atoms with Crippen LogP contribution in [-0.4, -0.2) is 4.98 Å². The molecule has 0 unspecified atom stereocenters. The molecule has 0 fully saturated rings. The third-order valence-corrected chi connectivity index (χ3v) is 12.2. The standard InChI is InChI=1S/C51H30N2O2S/c1-2-10-31(11-3-1)34-14-8-15-35(28-34)53(36-23-27-44-43(29-36)40-24-20-33-13-5-7-17-39(33)50(40)54-44)37-22-25-41-47(30-37)56-46-19-9-18-42(48(41)46)51-52-49-38-16-6-4-12-32(38)21-26-45(49)55-51/h1-30H. The SMILES string of the molecule is c1ccc(-c2cccc(N(c3ccc4c(c3)sc3cccc(-c5nc6c(ccc7ccccc76)o5)c34)c3ccc4oc5c6ccccc6ccc5c4c3)c2)cc1. The predicted octanol–water partition coefficient (Wildman–Crippen LogP) is 15.2. The molecule has 0 amide bonds. The van der Waals surface area contributed by atoms with Gasteiger partial charge in [0.15, 0.2) is 5.58 Å². The number of aromatic nitrogens is 1. The largest absolute Gasteiger partial charge is 0.455 e. The van der Waals surface area contributed by atoms with Gasteiger partial charge in [-0.25, -0.2) is 4.98 Å². The Morgan fingerprint density at radius 1 is 0.429 bits per heavy atom. The van der Waals surface area contributed by atoms with Gasteiger partial charge in [0.05, 0.1) is 0 Å². The molecule has 0 atom stereocenters. The van der Waals surface area contributed by atoms with E-state index in [9.17, 15) is 0 Å². The molecular formula is C51H30N2O2S. The lowest BCUT2D eigenvalue weighted by Gasteiger charge is -2.26. The van der Waals surface area contributed by atoms with Crippen LogP contribution in [0.3, 0.4) is 0 Å². The first kappa shape index (κ1) is 31.2. The predicted molar refractivity (Wildman–Crippen MR) is 235 cm³/mol. The summed E-state index contributed by atoms with van der Waals surface area (Å²) in [5.74, 6) is 0.638. The number of thiophene rings is 1. The van der Waals surface area contributed by atoms with Gasteiger partial charge in [-0.3, -0.25) is 0 Å². The van der Waals surface area contributed by atoms with Crippen molar-refractivity contribution in [3.8, 4) is 22.6 Å². The molecule has 3 heterocycles. The summed E-state index contributed by atoms with van der Waals surface area (Å²) in [7, 11) is 0. The van der Waals surface area contributed by atoms with Crippen molar-refractivity contribution < 1.29 is 8.83 Å². The molecule has 262 valence electrons. The van der Waals surface area contributed by atoms with Crippen LogP contribution in [0.25, 0.3) is 97.3 Å². The molecule has 4 nitrogen and oxygen atoms in total. The first-order valence-electron chi connectivity index (χ1n) is 18.8. The van der Waals surface area contributed by atoms with E-state index in [1.807, 2.05) is 6.07 Å². The van der Waals surface area contributed by atoms with Crippen LogP contribution in [-0.2, 0) is 0 Å². The van der Waals surface area contributed by atoms with Gasteiger partial charge in [-0.1, -0.05) is 115 Å². The van der Waals surface area contributed by atoms with Gasteiger partial charge in [-0.05, 0) is 88.6 Å². The van der Waals surface area contributed by atoms with Crippen molar-refractivity contribution in [1.82, 2.24) is 4.98 Å². The molecule has 0 aliphatic carbocycles. The first-order chi connectivity index (χ1) is 27.7. The van der Waals surface area contributed by atoms with E-state index >= 15 is 0 Å². The van der Waals surface area contributed by atoms with E-state index in [0.29, 0.717) is 5.89 Å². The Bertz CT molecular complexity index is 3500. The molecule has 5 heteroatoms. The highest BCUT2D eigenvalue weighted by Crippen LogP contribution is 2.46. The fourth-order valence-electron chi connectivity index (χ4n) is 8.44. The molecule has 12 aromatic rings. The number of anilines is 3. The van der Waals surface area contributed by atoms with E-state index in [0.717, 1.165) is 82.8 Å². The Hall–Kier alpha value is -7.21. The van der Waals surface area contributed by atoms with Gasteiger partial charge in [0.25, 0.3) is 0 Å². The topological polar surface area (TPSA) is 42.4 Å². The fourth-order valence-corrected chi connectivity index (χ4v) is 9.61. The van der Waals surface area contributed by atoms with Crippen molar-refractivity contribution in [3.63, 3.8) is 0 Å². The van der Waals surface area contributed by atoms with E-state index < -0.39 is 0 Å². The van der Waals surface area contributed by atoms with Crippen molar-refractivity contribution in [2.24, 2.45) is 0 Å². The van der Waals surface area contributed by atoms with Crippen LogP contribution in [0.1, 0.15) is 0 Å². The van der Waals surface area contributed by atoms with Gasteiger partial charge in [0.2, 0.25) is 5.89 Å². The van der Waals surface area contributed by atoms with Gasteiger partial charge in [-0.2, -0.15) is 0 Å². The Morgan fingerprint density at radius 3 is 2.04 bits per heavy atom. The number of hydrogen-bond donors (Lipinski definition) is 0. The van der Waals surface area contributed by atoms with E-state index in [1.165, 1.54) is 25.7 Å². The molecule has 0 spiro atoms. The summed E-state index contributed by atoms with van der Waals surface area (Å²) in [4.78, 5) is 7.45. The first-order valence-corrected chi connectivity index (χ1v) is 19.6. The summed E-state index contributed by atoms with van der Waals surface area (Å²) < 4.78 is 15.4. The molecule has 3 aromatic heterocycles. The Labute approximate surface area is 325 Å². The Balaban J connectivity index is 1.04. The molecule has 0 saturated carbocycles. The average molecular weight is 735 g/mol. The minimum absolute atomic E-state index is 0.638. The maximum absolute atomic E-state index is 6.54. The van der Waals surface area contributed by atoms with Crippen LogP contribution in [0, 0.1) is 0 Å². The van der Waals surface area contributed by atoms with Crippen LogP contribution in [0.15, 0.2) is 191 Å². The molecule has 0 bridgehead atoms.